The molecule has 25 heavy (non-hydrogen) atoms. The first-order valence-corrected chi connectivity index (χ1v) is 8.23. The molecule has 1 unspecified atom stereocenters. The lowest BCUT2D eigenvalue weighted by molar-refractivity contribution is 0.0937. The Morgan fingerprint density at radius 1 is 1.24 bits per heavy atom. The minimum Gasteiger partial charge on any atom is -0.496 e. The minimum absolute atomic E-state index is 0.0210. The van der Waals surface area contributed by atoms with Crippen LogP contribution >= 0.6 is 0 Å². The highest BCUT2D eigenvalue weighted by Crippen LogP contribution is 2.27. The van der Waals surface area contributed by atoms with Crippen molar-refractivity contribution >= 4 is 5.91 Å². The lowest BCUT2D eigenvalue weighted by atomic mass is 10.0. The van der Waals surface area contributed by atoms with Gasteiger partial charge in [-0.25, -0.2) is 4.98 Å². The number of amides is 1. The van der Waals surface area contributed by atoms with Gasteiger partial charge in [-0.05, 0) is 39.2 Å². The number of rotatable bonds is 8. The van der Waals surface area contributed by atoms with E-state index in [0.29, 0.717) is 24.6 Å². The van der Waals surface area contributed by atoms with Crippen molar-refractivity contribution in [3.05, 3.63) is 53.7 Å². The van der Waals surface area contributed by atoms with Crippen molar-refractivity contribution in [1.29, 1.82) is 0 Å². The van der Waals surface area contributed by atoms with Crippen LogP contribution in [0.3, 0.4) is 0 Å². The molecule has 1 aromatic heterocycles. The molecule has 1 heterocycles. The van der Waals surface area contributed by atoms with Crippen LogP contribution in [-0.2, 0) is 0 Å². The molecule has 0 aliphatic rings. The van der Waals surface area contributed by atoms with E-state index in [4.69, 9.17) is 9.47 Å². The number of ether oxygens (including phenoxy) is 2. The molecule has 0 fully saturated rings. The van der Waals surface area contributed by atoms with Crippen LogP contribution in [-0.4, -0.2) is 50.1 Å². The van der Waals surface area contributed by atoms with Crippen LogP contribution in [0.5, 0.6) is 11.6 Å². The van der Waals surface area contributed by atoms with E-state index in [1.807, 2.05) is 50.2 Å². The van der Waals surface area contributed by atoms with Crippen molar-refractivity contribution in [2.45, 2.75) is 13.0 Å². The molecule has 2 rings (SSSR count). The number of likely N-dealkylation sites (N-methyl/N-ethyl adjacent to an activating group) is 1. The van der Waals surface area contributed by atoms with E-state index in [0.717, 1.165) is 11.3 Å². The molecule has 0 aliphatic carbocycles. The minimum atomic E-state index is -0.210. The van der Waals surface area contributed by atoms with Gasteiger partial charge in [-0.2, -0.15) is 0 Å². The molecule has 0 spiro atoms. The van der Waals surface area contributed by atoms with Gasteiger partial charge in [0.2, 0.25) is 5.88 Å². The average Bonchev–Trinajstić information content (AvgIpc) is 2.62. The molecule has 1 atom stereocenters. The molecular weight excluding hydrogens is 318 g/mol. The summed E-state index contributed by atoms with van der Waals surface area (Å²) in [6.07, 6.45) is 1.61. The molecule has 6 heteroatoms. The van der Waals surface area contributed by atoms with E-state index in [2.05, 4.69) is 10.3 Å². The first kappa shape index (κ1) is 18.7. The highest BCUT2D eigenvalue weighted by atomic mass is 16.5. The summed E-state index contributed by atoms with van der Waals surface area (Å²) in [7, 11) is 5.59. The largest absolute Gasteiger partial charge is 0.496 e. The molecule has 1 N–H and O–H groups in total. The molecule has 1 aromatic carbocycles. The monoisotopic (exact) mass is 343 g/mol. The first-order valence-electron chi connectivity index (χ1n) is 8.23. The Morgan fingerprint density at radius 3 is 2.68 bits per heavy atom. The van der Waals surface area contributed by atoms with Crippen LogP contribution in [0.25, 0.3) is 0 Å². The maximum Gasteiger partial charge on any atom is 0.256 e. The number of carbonyl (C=O) groups is 1. The summed E-state index contributed by atoms with van der Waals surface area (Å²) in [6, 6.07) is 11.2. The number of pyridine rings is 1. The Balaban J connectivity index is 2.15. The summed E-state index contributed by atoms with van der Waals surface area (Å²) in [5.74, 6) is 0.936. The van der Waals surface area contributed by atoms with Crippen LogP contribution in [0.15, 0.2) is 42.6 Å². The summed E-state index contributed by atoms with van der Waals surface area (Å²) in [6.45, 7) is 2.76. The van der Waals surface area contributed by atoms with E-state index in [1.54, 1.807) is 25.4 Å². The van der Waals surface area contributed by atoms with Gasteiger partial charge in [0, 0.05) is 18.3 Å². The van der Waals surface area contributed by atoms with Crippen LogP contribution in [0.2, 0.25) is 0 Å². The van der Waals surface area contributed by atoms with Crippen molar-refractivity contribution in [3.63, 3.8) is 0 Å². The van der Waals surface area contributed by atoms with Gasteiger partial charge >= 0.3 is 0 Å². The van der Waals surface area contributed by atoms with E-state index in [-0.39, 0.29) is 11.9 Å². The number of methoxy groups -OCH3 is 1. The lowest BCUT2D eigenvalue weighted by Crippen LogP contribution is -2.35. The first-order chi connectivity index (χ1) is 12.1. The standard InChI is InChI=1S/C19H25N3O3/c1-5-25-19-15(10-8-12-20-19)18(23)21-13-16(22(2)3)14-9-6-7-11-17(14)24-4/h6-12,16H,5,13H2,1-4H3,(H,21,23). The molecule has 0 aliphatic heterocycles. The maximum absolute atomic E-state index is 12.6. The molecule has 0 saturated heterocycles. The second-order valence-corrected chi connectivity index (χ2v) is 5.72. The molecule has 134 valence electrons. The Kier molecular flexibility index (Phi) is 6.77. The summed E-state index contributed by atoms with van der Waals surface area (Å²) >= 11 is 0. The lowest BCUT2D eigenvalue weighted by Gasteiger charge is -2.26. The molecule has 1 amide bonds. The Hall–Kier alpha value is -2.60. The number of carbonyl (C=O) groups excluding carboxylic acids is 1. The van der Waals surface area contributed by atoms with E-state index >= 15 is 0 Å². The molecule has 2 aromatic rings. The van der Waals surface area contributed by atoms with E-state index < -0.39 is 0 Å². The van der Waals surface area contributed by atoms with Gasteiger partial charge in [-0.15, -0.1) is 0 Å². The highest BCUT2D eigenvalue weighted by molar-refractivity contribution is 5.96. The van der Waals surface area contributed by atoms with Gasteiger partial charge in [0.05, 0.1) is 19.8 Å². The normalized spacial score (nSPS) is 11.9. The zero-order chi connectivity index (χ0) is 18.2. The van der Waals surface area contributed by atoms with Crippen molar-refractivity contribution in [2.24, 2.45) is 0 Å². The molecule has 0 bridgehead atoms. The third-order valence-corrected chi connectivity index (χ3v) is 3.87. The second kappa shape index (κ2) is 9.03. The fraction of sp³-hybridized carbons (Fsp3) is 0.368. The van der Waals surface area contributed by atoms with Crippen molar-refractivity contribution < 1.29 is 14.3 Å². The van der Waals surface area contributed by atoms with Gasteiger partial charge in [0.25, 0.3) is 5.91 Å². The summed E-state index contributed by atoms with van der Waals surface area (Å²) in [4.78, 5) is 18.7. The molecule has 0 radical (unpaired) electrons. The number of hydrogen-bond donors (Lipinski definition) is 1. The average molecular weight is 343 g/mol. The molecular formula is C19H25N3O3. The quantitative estimate of drug-likeness (QED) is 0.798. The van der Waals surface area contributed by atoms with Gasteiger partial charge in [0.15, 0.2) is 0 Å². The topological polar surface area (TPSA) is 63.7 Å². The number of nitrogens with zero attached hydrogens (tertiary/aromatic N) is 2. The van der Waals surface area contributed by atoms with E-state index in [9.17, 15) is 4.79 Å². The summed E-state index contributed by atoms with van der Waals surface area (Å²) in [5.41, 5.74) is 1.45. The number of aromatic nitrogens is 1. The third kappa shape index (κ3) is 4.70. The Bertz CT molecular complexity index is 704. The predicted octanol–water partition coefficient (Wildman–Crippen LogP) is 2.52. The zero-order valence-electron chi connectivity index (χ0n) is 15.2. The fourth-order valence-electron chi connectivity index (χ4n) is 2.61. The SMILES string of the molecule is CCOc1ncccc1C(=O)NCC(c1ccccc1OC)N(C)C. The highest BCUT2D eigenvalue weighted by Gasteiger charge is 2.20. The van der Waals surface area contributed by atoms with Crippen molar-refractivity contribution in [2.75, 3.05) is 34.4 Å². The van der Waals surface area contributed by atoms with Crippen LogP contribution < -0.4 is 14.8 Å². The van der Waals surface area contributed by atoms with Crippen molar-refractivity contribution in [1.82, 2.24) is 15.2 Å². The van der Waals surface area contributed by atoms with Gasteiger partial charge in [0.1, 0.15) is 11.3 Å². The van der Waals surface area contributed by atoms with Gasteiger partial charge in [-0.3, -0.25) is 4.79 Å². The fourth-order valence-corrected chi connectivity index (χ4v) is 2.61. The predicted molar refractivity (Wildman–Crippen MR) is 97.2 cm³/mol. The van der Waals surface area contributed by atoms with Crippen LogP contribution in [0.1, 0.15) is 28.9 Å². The van der Waals surface area contributed by atoms with Gasteiger partial charge < -0.3 is 19.7 Å². The van der Waals surface area contributed by atoms with Crippen molar-refractivity contribution in [3.8, 4) is 11.6 Å². The van der Waals surface area contributed by atoms with Crippen LogP contribution in [0.4, 0.5) is 0 Å². The Labute approximate surface area is 148 Å². The zero-order valence-corrected chi connectivity index (χ0v) is 15.2. The molecule has 6 nitrogen and oxygen atoms in total. The smallest absolute Gasteiger partial charge is 0.256 e. The molecule has 0 saturated carbocycles. The Morgan fingerprint density at radius 2 is 2.00 bits per heavy atom. The number of nitrogens with one attached hydrogen (secondary N) is 1. The number of benzene rings is 1. The maximum atomic E-state index is 12.6. The summed E-state index contributed by atoms with van der Waals surface area (Å²) < 4.78 is 10.9. The van der Waals surface area contributed by atoms with Crippen LogP contribution in [0, 0.1) is 0 Å². The number of para-hydroxylation sites is 1. The third-order valence-electron chi connectivity index (χ3n) is 3.87. The summed E-state index contributed by atoms with van der Waals surface area (Å²) in [5, 5.41) is 2.97. The second-order valence-electron chi connectivity index (χ2n) is 5.72. The number of hydrogen-bond acceptors (Lipinski definition) is 5. The van der Waals surface area contributed by atoms with E-state index in [1.165, 1.54) is 0 Å². The van der Waals surface area contributed by atoms with Gasteiger partial charge in [-0.1, -0.05) is 18.2 Å².